The van der Waals surface area contributed by atoms with Crippen LogP contribution < -0.4 is 10.6 Å². The molecule has 1 aromatic carbocycles. The fraction of sp³-hybridized carbons (Fsp3) is 0.333. The molecule has 0 radical (unpaired) electrons. The molecule has 0 aliphatic heterocycles. The minimum absolute atomic E-state index is 0.0416. The van der Waals surface area contributed by atoms with Crippen molar-refractivity contribution in [1.82, 2.24) is 19.6 Å². The molecule has 0 fully saturated rings. The third-order valence-corrected chi connectivity index (χ3v) is 6.58. The molecule has 40 heavy (non-hydrogen) atoms. The van der Waals surface area contributed by atoms with Crippen molar-refractivity contribution in [3.05, 3.63) is 58.2 Å². The Balaban J connectivity index is 1.66. The van der Waals surface area contributed by atoms with E-state index in [0.717, 1.165) is 16.0 Å². The maximum Gasteiger partial charge on any atom is 0.436 e. The van der Waals surface area contributed by atoms with E-state index in [1.54, 1.807) is 69.6 Å². The van der Waals surface area contributed by atoms with Crippen LogP contribution in [0.25, 0.3) is 10.2 Å². The zero-order valence-corrected chi connectivity index (χ0v) is 23.8. The number of hydrogen-bond acceptors (Lipinski definition) is 9. The van der Waals surface area contributed by atoms with Crippen LogP contribution in [0.15, 0.2) is 36.4 Å². The molecule has 0 aliphatic carbocycles. The molecule has 12 nitrogen and oxygen atoms in total. The predicted octanol–water partition coefficient (Wildman–Crippen LogP) is 5.09. The average molecular weight is 567 g/mol. The van der Waals surface area contributed by atoms with Gasteiger partial charge in [0.25, 0.3) is 11.8 Å². The number of anilines is 2. The van der Waals surface area contributed by atoms with Gasteiger partial charge in [0, 0.05) is 6.54 Å². The molecule has 3 heterocycles. The maximum atomic E-state index is 13.4. The van der Waals surface area contributed by atoms with E-state index >= 15 is 0 Å². The molecule has 3 aromatic heterocycles. The number of fused-ring (bicyclic) bond motifs is 1. The lowest BCUT2D eigenvalue weighted by Crippen LogP contribution is -2.23. The molecule has 2 amide bonds. The number of nitrogens with one attached hydrogen (secondary N) is 2. The monoisotopic (exact) mass is 566 g/mol. The maximum absolute atomic E-state index is 13.4. The lowest BCUT2D eigenvalue weighted by atomic mass is 10.1. The number of thiophene rings is 1. The third-order valence-electron chi connectivity index (χ3n) is 5.49. The van der Waals surface area contributed by atoms with Gasteiger partial charge in [-0.3, -0.25) is 14.3 Å². The number of hydrogen-bond donors (Lipinski definition) is 2. The zero-order chi connectivity index (χ0) is 29.2. The SMILES string of the molecule is CCOC(=O)n1nc(NC(=O)c2ccccc2NC(=O)c2cc(C)nn2CC)c2cc(C(=O)OC(C)(C)C)sc21. The number of aromatic nitrogens is 4. The molecular weight excluding hydrogens is 536 g/mol. The van der Waals surface area contributed by atoms with Crippen LogP contribution in [0.2, 0.25) is 0 Å². The summed E-state index contributed by atoms with van der Waals surface area (Å²) in [5.74, 6) is -1.54. The first kappa shape index (κ1) is 28.5. The Labute approximate surface area is 234 Å². The van der Waals surface area contributed by atoms with Crippen LogP contribution in [0.5, 0.6) is 0 Å². The minimum atomic E-state index is -0.763. The summed E-state index contributed by atoms with van der Waals surface area (Å²) in [5, 5.41) is 14.4. The highest BCUT2D eigenvalue weighted by Gasteiger charge is 2.26. The first-order chi connectivity index (χ1) is 18.9. The van der Waals surface area contributed by atoms with Crippen molar-refractivity contribution in [2.45, 2.75) is 53.7 Å². The number of benzene rings is 1. The number of para-hydroxylation sites is 1. The van der Waals surface area contributed by atoms with Crippen molar-refractivity contribution in [2.24, 2.45) is 0 Å². The fourth-order valence-electron chi connectivity index (χ4n) is 3.86. The molecule has 4 aromatic rings. The summed E-state index contributed by atoms with van der Waals surface area (Å²) >= 11 is 0.994. The Hall–Kier alpha value is -4.52. The van der Waals surface area contributed by atoms with Gasteiger partial charge < -0.3 is 20.1 Å². The van der Waals surface area contributed by atoms with E-state index in [2.05, 4.69) is 20.8 Å². The van der Waals surface area contributed by atoms with Crippen molar-refractivity contribution in [3.8, 4) is 0 Å². The summed E-state index contributed by atoms with van der Waals surface area (Å²) in [6.07, 6.45) is -0.763. The quantitative estimate of drug-likeness (QED) is 0.294. The number of aryl methyl sites for hydroxylation is 2. The minimum Gasteiger partial charge on any atom is -0.456 e. The smallest absolute Gasteiger partial charge is 0.436 e. The van der Waals surface area contributed by atoms with E-state index < -0.39 is 29.5 Å². The number of ether oxygens (including phenoxy) is 2. The van der Waals surface area contributed by atoms with Crippen molar-refractivity contribution in [1.29, 1.82) is 0 Å². The van der Waals surface area contributed by atoms with Gasteiger partial charge in [-0.25, -0.2) is 9.59 Å². The lowest BCUT2D eigenvalue weighted by Gasteiger charge is -2.18. The highest BCUT2D eigenvalue weighted by atomic mass is 32.1. The Morgan fingerprint density at radius 3 is 2.40 bits per heavy atom. The normalized spacial score (nSPS) is 11.3. The van der Waals surface area contributed by atoms with E-state index in [1.807, 2.05) is 6.92 Å². The van der Waals surface area contributed by atoms with Crippen molar-refractivity contribution < 1.29 is 28.7 Å². The molecule has 0 unspecified atom stereocenters. The lowest BCUT2D eigenvalue weighted by molar-refractivity contribution is 0.00750. The average Bonchev–Trinajstić information content (AvgIpc) is 3.57. The molecule has 0 spiro atoms. The zero-order valence-electron chi connectivity index (χ0n) is 23.0. The first-order valence-electron chi connectivity index (χ1n) is 12.6. The molecule has 0 aliphatic rings. The van der Waals surface area contributed by atoms with Crippen LogP contribution in [0.3, 0.4) is 0 Å². The van der Waals surface area contributed by atoms with E-state index in [9.17, 15) is 19.2 Å². The number of esters is 1. The number of rotatable bonds is 7. The topological polar surface area (TPSA) is 146 Å². The second kappa shape index (κ2) is 11.3. The summed E-state index contributed by atoms with van der Waals surface area (Å²) in [4.78, 5) is 52.3. The summed E-state index contributed by atoms with van der Waals surface area (Å²) in [5.41, 5.74) is 0.766. The molecule has 210 valence electrons. The van der Waals surface area contributed by atoms with Crippen LogP contribution in [0.4, 0.5) is 16.3 Å². The van der Waals surface area contributed by atoms with Crippen LogP contribution >= 0.6 is 11.3 Å². The summed E-state index contributed by atoms with van der Waals surface area (Å²) in [6.45, 7) is 11.2. The Morgan fingerprint density at radius 2 is 1.73 bits per heavy atom. The summed E-state index contributed by atoms with van der Waals surface area (Å²) in [7, 11) is 0. The summed E-state index contributed by atoms with van der Waals surface area (Å²) in [6, 6.07) is 9.67. The Kier molecular flexibility index (Phi) is 8.05. The number of amides is 2. The van der Waals surface area contributed by atoms with Gasteiger partial charge in [-0.15, -0.1) is 16.4 Å². The number of carbonyl (C=O) groups is 4. The van der Waals surface area contributed by atoms with Gasteiger partial charge in [-0.2, -0.15) is 9.78 Å². The Morgan fingerprint density at radius 1 is 1.00 bits per heavy atom. The molecule has 0 saturated carbocycles. The number of nitrogens with zero attached hydrogens (tertiary/aromatic N) is 4. The molecule has 0 saturated heterocycles. The largest absolute Gasteiger partial charge is 0.456 e. The van der Waals surface area contributed by atoms with Gasteiger partial charge in [-0.05, 0) is 65.8 Å². The predicted molar refractivity (Wildman–Crippen MR) is 150 cm³/mol. The van der Waals surface area contributed by atoms with Gasteiger partial charge in [-0.1, -0.05) is 12.1 Å². The first-order valence-corrected chi connectivity index (χ1v) is 13.4. The van der Waals surface area contributed by atoms with Gasteiger partial charge in [0.05, 0.1) is 28.9 Å². The fourth-order valence-corrected chi connectivity index (χ4v) is 4.84. The van der Waals surface area contributed by atoms with Crippen molar-refractivity contribution in [3.63, 3.8) is 0 Å². The van der Waals surface area contributed by atoms with E-state index in [1.165, 1.54) is 6.07 Å². The van der Waals surface area contributed by atoms with Crippen LogP contribution in [0, 0.1) is 6.92 Å². The molecular formula is C27H30N6O6S. The molecule has 13 heteroatoms. The van der Waals surface area contributed by atoms with E-state index in [4.69, 9.17) is 9.47 Å². The third kappa shape index (κ3) is 6.04. The highest BCUT2D eigenvalue weighted by Crippen LogP contribution is 2.33. The number of carbonyl (C=O) groups excluding carboxylic acids is 4. The van der Waals surface area contributed by atoms with Crippen molar-refractivity contribution in [2.75, 3.05) is 17.2 Å². The van der Waals surface area contributed by atoms with Crippen LogP contribution in [-0.2, 0) is 16.0 Å². The van der Waals surface area contributed by atoms with Gasteiger partial charge >= 0.3 is 12.1 Å². The highest BCUT2D eigenvalue weighted by molar-refractivity contribution is 7.20. The van der Waals surface area contributed by atoms with E-state index in [-0.39, 0.29) is 28.6 Å². The van der Waals surface area contributed by atoms with Gasteiger partial charge in [0.1, 0.15) is 21.0 Å². The molecule has 0 bridgehead atoms. The second-order valence-electron chi connectivity index (χ2n) is 9.73. The van der Waals surface area contributed by atoms with Crippen molar-refractivity contribution >= 4 is 56.9 Å². The van der Waals surface area contributed by atoms with E-state index in [0.29, 0.717) is 28.1 Å². The molecule has 0 atom stereocenters. The van der Waals surface area contributed by atoms with Gasteiger partial charge in [0.2, 0.25) is 0 Å². The molecule has 2 N–H and O–H groups in total. The standard InChI is InChI=1S/C27H30N6O6S/c1-7-32-19(13-15(3)30-32)23(35)28-18-12-10-9-11-16(18)22(34)29-21-17-14-20(25(36)39-27(4,5)6)40-24(17)33(31-21)26(37)38-8-2/h9-14H,7-8H2,1-6H3,(H,28,35)(H,29,31,34). The summed E-state index contributed by atoms with van der Waals surface area (Å²) < 4.78 is 13.1. The second-order valence-corrected chi connectivity index (χ2v) is 10.8. The van der Waals surface area contributed by atoms with Gasteiger partial charge in [0.15, 0.2) is 5.82 Å². The van der Waals surface area contributed by atoms with Crippen LogP contribution in [0.1, 0.15) is 70.8 Å². The van der Waals surface area contributed by atoms with Crippen LogP contribution in [-0.4, -0.2) is 55.6 Å². The molecule has 4 rings (SSSR count). The Bertz CT molecular complexity index is 1610.